The molecule has 0 atom stereocenters. The third kappa shape index (κ3) is 6.10. The molecule has 0 aliphatic rings. The Morgan fingerprint density at radius 1 is 1.22 bits per heavy atom. The topological polar surface area (TPSA) is 67.8 Å². The van der Waals surface area contributed by atoms with Gasteiger partial charge in [0.05, 0.1) is 6.61 Å². The number of ether oxygens (including phenoxy) is 2. The lowest BCUT2D eigenvalue weighted by molar-refractivity contribution is 0.0768. The first kappa shape index (κ1) is 14.3. The number of aromatic hydroxyl groups is 1. The molecule has 0 aliphatic heterocycles. The first-order valence-corrected chi connectivity index (χ1v) is 6.03. The fourth-order valence-corrected chi connectivity index (χ4v) is 1.24. The molecule has 100 valence electrons. The predicted molar refractivity (Wildman–Crippen MR) is 68.8 cm³/mol. The van der Waals surface area contributed by atoms with E-state index >= 15 is 0 Å². The number of phenols is 1. The van der Waals surface area contributed by atoms with Gasteiger partial charge in [0, 0.05) is 12.3 Å². The van der Waals surface area contributed by atoms with Gasteiger partial charge >= 0.3 is 6.09 Å². The lowest BCUT2D eigenvalue weighted by atomic mass is 10.3. The Balaban J connectivity index is 2.12. The van der Waals surface area contributed by atoms with Crippen molar-refractivity contribution in [2.75, 3.05) is 25.1 Å². The summed E-state index contributed by atoms with van der Waals surface area (Å²) in [5, 5.41) is 11.6. The minimum absolute atomic E-state index is 0.151. The summed E-state index contributed by atoms with van der Waals surface area (Å²) in [6.45, 7) is 3.42. The Hall–Kier alpha value is -1.75. The van der Waals surface area contributed by atoms with Gasteiger partial charge in [-0.25, -0.2) is 4.79 Å². The largest absolute Gasteiger partial charge is 0.508 e. The summed E-state index contributed by atoms with van der Waals surface area (Å²) in [5.74, 6) is 0.151. The average molecular weight is 253 g/mol. The van der Waals surface area contributed by atoms with E-state index in [9.17, 15) is 4.79 Å². The number of carbonyl (C=O) groups excluding carboxylic acids is 1. The summed E-state index contributed by atoms with van der Waals surface area (Å²) in [7, 11) is 0. The van der Waals surface area contributed by atoms with Crippen molar-refractivity contribution in [3.63, 3.8) is 0 Å². The van der Waals surface area contributed by atoms with Crippen LogP contribution in [0.15, 0.2) is 24.3 Å². The highest BCUT2D eigenvalue weighted by Gasteiger charge is 2.02. The van der Waals surface area contributed by atoms with Crippen molar-refractivity contribution in [1.29, 1.82) is 0 Å². The molecule has 5 nitrogen and oxygen atoms in total. The van der Waals surface area contributed by atoms with Gasteiger partial charge in [0.15, 0.2) is 0 Å². The SMILES string of the molecule is CCCCOCCOC(=O)Nc1ccc(O)cc1. The number of unbranched alkanes of at least 4 members (excludes halogenated alkanes) is 1. The average Bonchev–Trinajstić information content (AvgIpc) is 2.36. The van der Waals surface area contributed by atoms with Crippen LogP contribution >= 0.6 is 0 Å². The number of hydrogen-bond donors (Lipinski definition) is 2. The van der Waals surface area contributed by atoms with E-state index in [1.54, 1.807) is 12.1 Å². The van der Waals surface area contributed by atoms with Crippen LogP contribution in [0, 0.1) is 0 Å². The maximum absolute atomic E-state index is 11.3. The first-order chi connectivity index (χ1) is 8.72. The van der Waals surface area contributed by atoms with E-state index in [2.05, 4.69) is 12.2 Å². The third-order valence-corrected chi connectivity index (χ3v) is 2.22. The monoisotopic (exact) mass is 253 g/mol. The van der Waals surface area contributed by atoms with Crippen LogP contribution in [0.3, 0.4) is 0 Å². The van der Waals surface area contributed by atoms with Crippen LogP contribution in [0.1, 0.15) is 19.8 Å². The number of amides is 1. The van der Waals surface area contributed by atoms with E-state index in [1.165, 1.54) is 12.1 Å². The molecule has 1 aromatic carbocycles. The van der Waals surface area contributed by atoms with Gasteiger partial charge in [-0.3, -0.25) is 5.32 Å². The molecule has 0 radical (unpaired) electrons. The number of rotatable bonds is 7. The van der Waals surface area contributed by atoms with Gasteiger partial charge in [0.2, 0.25) is 0 Å². The van der Waals surface area contributed by atoms with E-state index in [1.807, 2.05) is 0 Å². The van der Waals surface area contributed by atoms with Crippen molar-refractivity contribution in [3.8, 4) is 5.75 Å². The molecule has 0 bridgehead atoms. The lowest BCUT2D eigenvalue weighted by Gasteiger charge is -2.07. The molecule has 0 saturated heterocycles. The zero-order chi connectivity index (χ0) is 13.2. The van der Waals surface area contributed by atoms with Crippen molar-refractivity contribution >= 4 is 11.8 Å². The summed E-state index contributed by atoms with van der Waals surface area (Å²) < 4.78 is 10.2. The molecule has 0 spiro atoms. The highest BCUT2D eigenvalue weighted by molar-refractivity contribution is 5.84. The Labute approximate surface area is 107 Å². The predicted octanol–water partition coefficient (Wildman–Crippen LogP) is 2.76. The molecule has 0 heterocycles. The number of carbonyl (C=O) groups is 1. The van der Waals surface area contributed by atoms with E-state index in [4.69, 9.17) is 14.6 Å². The van der Waals surface area contributed by atoms with E-state index < -0.39 is 6.09 Å². The van der Waals surface area contributed by atoms with Gasteiger partial charge in [-0.1, -0.05) is 13.3 Å². The zero-order valence-electron chi connectivity index (χ0n) is 10.5. The van der Waals surface area contributed by atoms with Gasteiger partial charge in [0.25, 0.3) is 0 Å². The van der Waals surface area contributed by atoms with Gasteiger partial charge in [-0.05, 0) is 30.7 Å². The normalized spacial score (nSPS) is 10.1. The number of benzene rings is 1. The highest BCUT2D eigenvalue weighted by atomic mass is 16.6. The van der Waals surface area contributed by atoms with Crippen LogP contribution in [0.25, 0.3) is 0 Å². The van der Waals surface area contributed by atoms with Gasteiger partial charge in [-0.15, -0.1) is 0 Å². The number of nitrogens with one attached hydrogen (secondary N) is 1. The standard InChI is InChI=1S/C13H19NO4/c1-2-3-8-17-9-10-18-13(16)14-11-4-6-12(15)7-5-11/h4-7,15H,2-3,8-10H2,1H3,(H,14,16). The lowest BCUT2D eigenvalue weighted by Crippen LogP contribution is -2.16. The van der Waals surface area contributed by atoms with Crippen LogP contribution < -0.4 is 5.32 Å². The molecule has 5 heteroatoms. The molecule has 18 heavy (non-hydrogen) atoms. The Kier molecular flexibility index (Phi) is 6.64. The van der Waals surface area contributed by atoms with Gasteiger partial charge in [-0.2, -0.15) is 0 Å². The van der Waals surface area contributed by atoms with Crippen molar-refractivity contribution in [2.45, 2.75) is 19.8 Å². The molecular formula is C13H19NO4. The quantitative estimate of drug-likeness (QED) is 0.579. The summed E-state index contributed by atoms with van der Waals surface area (Å²) in [6.07, 6.45) is 1.57. The molecule has 2 N–H and O–H groups in total. The molecule has 0 aromatic heterocycles. The molecule has 0 aliphatic carbocycles. The van der Waals surface area contributed by atoms with Gasteiger partial charge in [0.1, 0.15) is 12.4 Å². The van der Waals surface area contributed by atoms with Crippen LogP contribution in [0.2, 0.25) is 0 Å². The molecule has 0 unspecified atom stereocenters. The Morgan fingerprint density at radius 2 is 1.94 bits per heavy atom. The second-order valence-corrected chi connectivity index (χ2v) is 3.77. The second-order valence-electron chi connectivity index (χ2n) is 3.77. The summed E-state index contributed by atoms with van der Waals surface area (Å²) in [5.41, 5.74) is 0.574. The maximum Gasteiger partial charge on any atom is 0.411 e. The zero-order valence-corrected chi connectivity index (χ0v) is 10.5. The molecule has 0 fully saturated rings. The maximum atomic E-state index is 11.3. The van der Waals surface area contributed by atoms with Gasteiger partial charge < -0.3 is 14.6 Å². The molecule has 1 aromatic rings. The van der Waals surface area contributed by atoms with Crippen LogP contribution in [0.5, 0.6) is 5.75 Å². The van der Waals surface area contributed by atoms with Crippen LogP contribution in [-0.4, -0.2) is 31.0 Å². The molecular weight excluding hydrogens is 234 g/mol. The number of anilines is 1. The highest BCUT2D eigenvalue weighted by Crippen LogP contribution is 2.13. The Bertz CT molecular complexity index is 351. The van der Waals surface area contributed by atoms with Crippen molar-refractivity contribution < 1.29 is 19.4 Å². The fourth-order valence-electron chi connectivity index (χ4n) is 1.24. The molecule has 0 saturated carbocycles. The van der Waals surface area contributed by atoms with E-state index in [-0.39, 0.29) is 12.4 Å². The van der Waals surface area contributed by atoms with Crippen molar-refractivity contribution in [1.82, 2.24) is 0 Å². The number of hydrogen-bond acceptors (Lipinski definition) is 4. The summed E-state index contributed by atoms with van der Waals surface area (Å²) in [6, 6.07) is 6.16. The smallest absolute Gasteiger partial charge is 0.411 e. The Morgan fingerprint density at radius 3 is 2.61 bits per heavy atom. The molecule has 1 amide bonds. The van der Waals surface area contributed by atoms with Crippen LogP contribution in [-0.2, 0) is 9.47 Å². The van der Waals surface area contributed by atoms with Crippen molar-refractivity contribution in [3.05, 3.63) is 24.3 Å². The van der Waals surface area contributed by atoms with Crippen LogP contribution in [0.4, 0.5) is 10.5 Å². The summed E-state index contributed by atoms with van der Waals surface area (Å²) in [4.78, 5) is 11.3. The van der Waals surface area contributed by atoms with E-state index in [0.29, 0.717) is 18.9 Å². The minimum Gasteiger partial charge on any atom is -0.508 e. The van der Waals surface area contributed by atoms with Crippen molar-refractivity contribution in [2.24, 2.45) is 0 Å². The minimum atomic E-state index is -0.528. The second kappa shape index (κ2) is 8.36. The molecule has 1 rings (SSSR count). The third-order valence-electron chi connectivity index (χ3n) is 2.22. The first-order valence-electron chi connectivity index (χ1n) is 6.03. The van der Waals surface area contributed by atoms with E-state index in [0.717, 1.165) is 12.8 Å². The fraction of sp³-hybridized carbons (Fsp3) is 0.462. The summed E-state index contributed by atoms with van der Waals surface area (Å²) >= 11 is 0. The number of phenolic OH excluding ortho intramolecular Hbond substituents is 1.